The zero-order chi connectivity index (χ0) is 12.5. The fourth-order valence-corrected chi connectivity index (χ4v) is 1.35. The number of aromatic amines is 1. The highest BCUT2D eigenvalue weighted by Gasteiger charge is 2.28. The van der Waals surface area contributed by atoms with Crippen molar-refractivity contribution in [1.82, 2.24) is 15.3 Å². The van der Waals surface area contributed by atoms with Crippen molar-refractivity contribution in [2.24, 2.45) is 0 Å². The van der Waals surface area contributed by atoms with Gasteiger partial charge in [-0.15, -0.1) is 0 Å². The van der Waals surface area contributed by atoms with Crippen LogP contribution in [-0.4, -0.2) is 28.6 Å². The van der Waals surface area contributed by atoms with Gasteiger partial charge in [-0.2, -0.15) is 13.2 Å². The molecule has 0 saturated carbocycles. The van der Waals surface area contributed by atoms with E-state index in [1.807, 2.05) is 0 Å². The standard InChI is InChI=1S/C10H8F3N3O/c11-10(12,13)5-16-9(17)7-3-6-1-2-14-8(6)4-15-7/h1-4,14H,5H2,(H,16,17). The summed E-state index contributed by atoms with van der Waals surface area (Å²) >= 11 is 0. The van der Waals surface area contributed by atoms with E-state index in [1.165, 1.54) is 12.3 Å². The second-order valence-corrected chi connectivity index (χ2v) is 3.43. The van der Waals surface area contributed by atoms with E-state index in [4.69, 9.17) is 0 Å². The molecule has 4 nitrogen and oxygen atoms in total. The predicted molar refractivity (Wildman–Crippen MR) is 54.5 cm³/mol. The van der Waals surface area contributed by atoms with Gasteiger partial charge < -0.3 is 10.3 Å². The quantitative estimate of drug-likeness (QED) is 0.845. The van der Waals surface area contributed by atoms with E-state index >= 15 is 0 Å². The summed E-state index contributed by atoms with van der Waals surface area (Å²) in [5.74, 6) is -0.842. The average Bonchev–Trinajstić information content (AvgIpc) is 2.71. The van der Waals surface area contributed by atoms with Crippen LogP contribution < -0.4 is 5.32 Å². The topological polar surface area (TPSA) is 57.8 Å². The second kappa shape index (κ2) is 4.08. The molecule has 0 aliphatic carbocycles. The Morgan fingerprint density at radius 2 is 2.24 bits per heavy atom. The van der Waals surface area contributed by atoms with Gasteiger partial charge in [0.2, 0.25) is 0 Å². The lowest BCUT2D eigenvalue weighted by Crippen LogP contribution is -2.34. The van der Waals surface area contributed by atoms with Crippen molar-refractivity contribution in [3.63, 3.8) is 0 Å². The van der Waals surface area contributed by atoms with E-state index in [9.17, 15) is 18.0 Å². The van der Waals surface area contributed by atoms with E-state index in [0.717, 1.165) is 10.9 Å². The first kappa shape index (κ1) is 11.4. The number of amides is 1. The molecular weight excluding hydrogens is 235 g/mol. The number of hydrogen-bond acceptors (Lipinski definition) is 2. The Hall–Kier alpha value is -2.05. The van der Waals surface area contributed by atoms with Gasteiger partial charge in [-0.05, 0) is 12.1 Å². The van der Waals surface area contributed by atoms with Crippen LogP contribution in [0.15, 0.2) is 24.5 Å². The predicted octanol–water partition coefficient (Wildman–Crippen LogP) is 1.85. The van der Waals surface area contributed by atoms with Gasteiger partial charge in [-0.1, -0.05) is 0 Å². The zero-order valence-electron chi connectivity index (χ0n) is 8.51. The summed E-state index contributed by atoms with van der Waals surface area (Å²) in [6, 6.07) is 3.13. The molecule has 0 atom stereocenters. The van der Waals surface area contributed by atoms with Crippen molar-refractivity contribution in [3.05, 3.63) is 30.2 Å². The van der Waals surface area contributed by atoms with Crippen LogP contribution in [0.4, 0.5) is 13.2 Å². The Labute approximate surface area is 93.8 Å². The van der Waals surface area contributed by atoms with Gasteiger partial charge in [0.1, 0.15) is 12.2 Å². The number of aromatic nitrogens is 2. The number of fused-ring (bicyclic) bond motifs is 1. The molecule has 90 valence electrons. The van der Waals surface area contributed by atoms with Crippen molar-refractivity contribution in [2.45, 2.75) is 6.18 Å². The number of nitrogens with one attached hydrogen (secondary N) is 2. The maximum absolute atomic E-state index is 11.9. The highest BCUT2D eigenvalue weighted by atomic mass is 19.4. The van der Waals surface area contributed by atoms with Gasteiger partial charge in [-0.3, -0.25) is 4.79 Å². The van der Waals surface area contributed by atoms with E-state index < -0.39 is 18.6 Å². The summed E-state index contributed by atoms with van der Waals surface area (Å²) in [6.07, 6.45) is -1.37. The largest absolute Gasteiger partial charge is 0.405 e. The Kier molecular flexibility index (Phi) is 2.74. The first-order valence-electron chi connectivity index (χ1n) is 4.74. The van der Waals surface area contributed by atoms with E-state index in [0.29, 0.717) is 0 Å². The molecule has 0 radical (unpaired) electrons. The van der Waals surface area contributed by atoms with Crippen molar-refractivity contribution in [2.75, 3.05) is 6.54 Å². The molecule has 0 unspecified atom stereocenters. The highest BCUT2D eigenvalue weighted by molar-refractivity contribution is 5.95. The summed E-state index contributed by atoms with van der Waals surface area (Å²) in [5, 5.41) is 2.48. The van der Waals surface area contributed by atoms with Crippen LogP contribution in [0.3, 0.4) is 0 Å². The highest BCUT2D eigenvalue weighted by Crippen LogP contribution is 2.14. The number of H-pyrrole nitrogens is 1. The molecule has 0 aromatic carbocycles. The summed E-state index contributed by atoms with van der Waals surface area (Å²) < 4.78 is 35.7. The second-order valence-electron chi connectivity index (χ2n) is 3.43. The zero-order valence-corrected chi connectivity index (χ0v) is 8.51. The molecule has 17 heavy (non-hydrogen) atoms. The maximum atomic E-state index is 11.9. The number of rotatable bonds is 2. The minimum Gasteiger partial charge on any atom is -0.360 e. The van der Waals surface area contributed by atoms with Crippen molar-refractivity contribution in [3.8, 4) is 0 Å². The molecule has 0 aliphatic rings. The molecule has 0 spiro atoms. The molecule has 2 N–H and O–H groups in total. The van der Waals surface area contributed by atoms with Crippen molar-refractivity contribution >= 4 is 16.8 Å². The summed E-state index contributed by atoms with van der Waals surface area (Å²) in [5.41, 5.74) is 0.679. The minimum atomic E-state index is -4.42. The fourth-order valence-electron chi connectivity index (χ4n) is 1.35. The van der Waals surface area contributed by atoms with Crippen molar-refractivity contribution in [1.29, 1.82) is 0 Å². The molecule has 2 aromatic rings. The third-order valence-corrected chi connectivity index (χ3v) is 2.12. The van der Waals surface area contributed by atoms with Gasteiger partial charge >= 0.3 is 6.18 Å². The summed E-state index contributed by atoms with van der Waals surface area (Å²) in [7, 11) is 0. The normalized spacial score (nSPS) is 11.7. The van der Waals surface area contributed by atoms with Gasteiger partial charge in [0.15, 0.2) is 0 Å². The SMILES string of the molecule is O=C(NCC(F)(F)F)c1cc2cc[nH]c2cn1. The Morgan fingerprint density at radius 1 is 1.47 bits per heavy atom. The number of alkyl halides is 3. The average molecular weight is 243 g/mol. The third kappa shape index (κ3) is 2.74. The Morgan fingerprint density at radius 3 is 2.94 bits per heavy atom. The van der Waals surface area contributed by atoms with Gasteiger partial charge in [0.05, 0.1) is 11.7 Å². The van der Waals surface area contributed by atoms with Crippen LogP contribution in [0.25, 0.3) is 10.9 Å². The van der Waals surface area contributed by atoms with Crippen LogP contribution in [0.2, 0.25) is 0 Å². The molecule has 0 fully saturated rings. The number of nitrogens with zero attached hydrogens (tertiary/aromatic N) is 1. The Bertz CT molecular complexity index is 547. The Balaban J connectivity index is 2.13. The van der Waals surface area contributed by atoms with E-state index in [2.05, 4.69) is 9.97 Å². The molecular formula is C10H8F3N3O. The molecule has 2 rings (SSSR count). The van der Waals surface area contributed by atoms with E-state index in [1.54, 1.807) is 17.6 Å². The molecule has 1 amide bonds. The number of halogens is 3. The lowest BCUT2D eigenvalue weighted by molar-refractivity contribution is -0.123. The van der Waals surface area contributed by atoms with Crippen LogP contribution in [-0.2, 0) is 0 Å². The fraction of sp³-hybridized carbons (Fsp3) is 0.200. The molecule has 0 bridgehead atoms. The number of carbonyl (C=O) groups excluding carboxylic acids is 1. The summed E-state index contributed by atoms with van der Waals surface area (Å²) in [4.78, 5) is 18.0. The van der Waals surface area contributed by atoms with Crippen molar-refractivity contribution < 1.29 is 18.0 Å². The van der Waals surface area contributed by atoms with Crippen LogP contribution in [0.1, 0.15) is 10.5 Å². The van der Waals surface area contributed by atoms with Crippen LogP contribution in [0, 0.1) is 0 Å². The summed E-state index contributed by atoms with van der Waals surface area (Å²) in [6.45, 7) is -1.36. The molecule has 2 heterocycles. The number of hydrogen-bond donors (Lipinski definition) is 2. The lowest BCUT2D eigenvalue weighted by atomic mass is 10.2. The number of carbonyl (C=O) groups is 1. The van der Waals surface area contributed by atoms with Crippen LogP contribution in [0.5, 0.6) is 0 Å². The minimum absolute atomic E-state index is 0.0404. The molecule has 2 aromatic heterocycles. The number of pyridine rings is 1. The lowest BCUT2D eigenvalue weighted by Gasteiger charge is -2.07. The monoisotopic (exact) mass is 243 g/mol. The molecule has 0 aliphatic heterocycles. The first-order chi connectivity index (χ1) is 7.96. The van der Waals surface area contributed by atoms with Gasteiger partial charge in [0, 0.05) is 11.6 Å². The van der Waals surface area contributed by atoms with Crippen LogP contribution >= 0.6 is 0 Å². The third-order valence-electron chi connectivity index (χ3n) is 2.12. The van der Waals surface area contributed by atoms with E-state index in [-0.39, 0.29) is 5.69 Å². The van der Waals surface area contributed by atoms with Gasteiger partial charge in [-0.25, -0.2) is 4.98 Å². The molecule has 0 saturated heterocycles. The first-order valence-corrected chi connectivity index (χ1v) is 4.74. The maximum Gasteiger partial charge on any atom is 0.405 e. The van der Waals surface area contributed by atoms with Gasteiger partial charge in [0.25, 0.3) is 5.91 Å². The smallest absolute Gasteiger partial charge is 0.360 e. The molecule has 7 heteroatoms.